The van der Waals surface area contributed by atoms with Crippen molar-refractivity contribution in [2.75, 3.05) is 7.11 Å². The van der Waals surface area contributed by atoms with E-state index >= 15 is 0 Å². The minimum Gasteiger partial charge on any atom is -0.504 e. The summed E-state index contributed by atoms with van der Waals surface area (Å²) in [6.07, 6.45) is 3.92. The summed E-state index contributed by atoms with van der Waals surface area (Å²) in [4.78, 5) is 0. The molecule has 1 saturated carbocycles. The molecule has 1 aromatic carbocycles. The molecule has 0 aromatic heterocycles. The Bertz CT molecular complexity index is 334. The summed E-state index contributed by atoms with van der Waals surface area (Å²) >= 11 is 0. The van der Waals surface area contributed by atoms with Crippen LogP contribution in [0.3, 0.4) is 0 Å². The maximum Gasteiger partial charge on any atom is 0.160 e. The molecule has 1 fully saturated rings. The van der Waals surface area contributed by atoms with Crippen LogP contribution in [0.1, 0.15) is 24.8 Å². The lowest BCUT2D eigenvalue weighted by atomic mass is 9.93. The number of phenolic OH excluding ortho intramolecular Hbond substituents is 1. The van der Waals surface area contributed by atoms with E-state index in [4.69, 9.17) is 4.74 Å². The van der Waals surface area contributed by atoms with Crippen LogP contribution in [0.25, 0.3) is 0 Å². The minimum atomic E-state index is 0.199. The highest BCUT2D eigenvalue weighted by Crippen LogP contribution is 2.26. The molecular formula is C12H17NO2. The molecule has 2 rings (SSSR count). The summed E-state index contributed by atoms with van der Waals surface area (Å²) in [5, 5.41) is 12.9. The van der Waals surface area contributed by atoms with Crippen molar-refractivity contribution < 1.29 is 9.84 Å². The average molecular weight is 207 g/mol. The maximum absolute atomic E-state index is 9.42. The van der Waals surface area contributed by atoms with Crippen molar-refractivity contribution in [1.82, 2.24) is 5.32 Å². The van der Waals surface area contributed by atoms with Crippen molar-refractivity contribution in [2.24, 2.45) is 0 Å². The number of nitrogens with one attached hydrogen (secondary N) is 1. The van der Waals surface area contributed by atoms with Crippen LogP contribution in [0, 0.1) is 0 Å². The summed E-state index contributed by atoms with van der Waals surface area (Å²) in [5.74, 6) is 0.743. The van der Waals surface area contributed by atoms with E-state index in [1.165, 1.54) is 19.3 Å². The van der Waals surface area contributed by atoms with Gasteiger partial charge in [-0.1, -0.05) is 12.5 Å². The largest absolute Gasteiger partial charge is 0.504 e. The normalized spacial score (nSPS) is 16.1. The molecule has 2 N–H and O–H groups in total. The molecule has 0 heterocycles. The Balaban J connectivity index is 1.95. The van der Waals surface area contributed by atoms with Crippen LogP contribution in [0.2, 0.25) is 0 Å². The Kier molecular flexibility index (Phi) is 3.11. The highest BCUT2D eigenvalue weighted by atomic mass is 16.5. The van der Waals surface area contributed by atoms with Crippen molar-refractivity contribution in [1.29, 1.82) is 0 Å². The lowest BCUT2D eigenvalue weighted by molar-refractivity contribution is 0.337. The molecule has 1 aliphatic rings. The smallest absolute Gasteiger partial charge is 0.160 e. The molecule has 0 aliphatic heterocycles. The second-order valence-electron chi connectivity index (χ2n) is 4.01. The molecule has 15 heavy (non-hydrogen) atoms. The van der Waals surface area contributed by atoms with Gasteiger partial charge in [-0.05, 0) is 30.5 Å². The van der Waals surface area contributed by atoms with Gasteiger partial charge in [-0.15, -0.1) is 0 Å². The predicted octanol–water partition coefficient (Wildman–Crippen LogP) is 2.04. The quantitative estimate of drug-likeness (QED) is 0.794. The summed E-state index contributed by atoms with van der Waals surface area (Å²) in [6, 6.07) is 6.16. The molecule has 82 valence electrons. The van der Waals surface area contributed by atoms with Gasteiger partial charge in [0.1, 0.15) is 0 Å². The lowest BCUT2D eigenvalue weighted by Gasteiger charge is -2.26. The van der Waals surface area contributed by atoms with Gasteiger partial charge in [0.25, 0.3) is 0 Å². The van der Waals surface area contributed by atoms with Crippen molar-refractivity contribution in [3.63, 3.8) is 0 Å². The number of aromatic hydroxyl groups is 1. The van der Waals surface area contributed by atoms with Gasteiger partial charge in [0.05, 0.1) is 7.11 Å². The van der Waals surface area contributed by atoms with E-state index in [9.17, 15) is 5.11 Å². The van der Waals surface area contributed by atoms with Crippen molar-refractivity contribution in [3.8, 4) is 11.5 Å². The molecule has 3 nitrogen and oxygen atoms in total. The van der Waals surface area contributed by atoms with Crippen LogP contribution < -0.4 is 10.1 Å². The molecule has 0 spiro atoms. The zero-order chi connectivity index (χ0) is 10.7. The zero-order valence-corrected chi connectivity index (χ0v) is 8.99. The lowest BCUT2D eigenvalue weighted by Crippen LogP contribution is -2.34. The number of hydrogen-bond donors (Lipinski definition) is 2. The van der Waals surface area contributed by atoms with Gasteiger partial charge >= 0.3 is 0 Å². The first-order valence-corrected chi connectivity index (χ1v) is 5.39. The number of hydrogen-bond acceptors (Lipinski definition) is 3. The number of phenols is 1. The molecule has 0 amide bonds. The zero-order valence-electron chi connectivity index (χ0n) is 8.99. The van der Waals surface area contributed by atoms with E-state index in [0.29, 0.717) is 11.8 Å². The van der Waals surface area contributed by atoms with Crippen LogP contribution in [-0.2, 0) is 6.54 Å². The fourth-order valence-corrected chi connectivity index (χ4v) is 1.71. The van der Waals surface area contributed by atoms with Gasteiger partial charge in [0, 0.05) is 12.6 Å². The van der Waals surface area contributed by atoms with Crippen molar-refractivity contribution in [3.05, 3.63) is 23.8 Å². The number of methoxy groups -OCH3 is 1. The van der Waals surface area contributed by atoms with Crippen LogP contribution in [0.15, 0.2) is 18.2 Å². The Morgan fingerprint density at radius 3 is 2.87 bits per heavy atom. The Labute approximate surface area is 90.1 Å². The van der Waals surface area contributed by atoms with Crippen LogP contribution >= 0.6 is 0 Å². The summed E-state index contributed by atoms with van der Waals surface area (Å²) in [6.45, 7) is 0.849. The SMILES string of the molecule is COc1cc(CNC2CCC2)ccc1O. The van der Waals surface area contributed by atoms with E-state index < -0.39 is 0 Å². The highest BCUT2D eigenvalue weighted by Gasteiger charge is 2.16. The second kappa shape index (κ2) is 4.53. The first-order chi connectivity index (χ1) is 7.29. The van der Waals surface area contributed by atoms with E-state index in [0.717, 1.165) is 12.1 Å². The van der Waals surface area contributed by atoms with Gasteiger partial charge in [0.2, 0.25) is 0 Å². The van der Waals surface area contributed by atoms with Crippen LogP contribution in [0.4, 0.5) is 0 Å². The first-order valence-electron chi connectivity index (χ1n) is 5.39. The fraction of sp³-hybridized carbons (Fsp3) is 0.500. The van der Waals surface area contributed by atoms with E-state index in [2.05, 4.69) is 5.32 Å². The molecular weight excluding hydrogens is 190 g/mol. The van der Waals surface area contributed by atoms with E-state index in [-0.39, 0.29) is 5.75 Å². The van der Waals surface area contributed by atoms with Gasteiger partial charge in [0.15, 0.2) is 11.5 Å². The number of benzene rings is 1. The van der Waals surface area contributed by atoms with Gasteiger partial charge in [-0.3, -0.25) is 0 Å². The monoisotopic (exact) mass is 207 g/mol. The van der Waals surface area contributed by atoms with Gasteiger partial charge < -0.3 is 15.2 Å². The molecule has 0 saturated heterocycles. The predicted molar refractivity (Wildman–Crippen MR) is 59.1 cm³/mol. The molecule has 0 atom stereocenters. The minimum absolute atomic E-state index is 0.199. The van der Waals surface area contributed by atoms with Gasteiger partial charge in [-0.25, -0.2) is 0 Å². The Morgan fingerprint density at radius 2 is 2.27 bits per heavy atom. The topological polar surface area (TPSA) is 41.5 Å². The Hall–Kier alpha value is -1.22. The standard InChI is InChI=1S/C12H17NO2/c1-15-12-7-9(5-6-11(12)14)8-13-10-3-2-4-10/h5-7,10,13-14H,2-4,8H2,1H3. The number of rotatable bonds is 4. The second-order valence-corrected chi connectivity index (χ2v) is 4.01. The third kappa shape index (κ3) is 2.42. The van der Waals surface area contributed by atoms with Crippen molar-refractivity contribution in [2.45, 2.75) is 31.8 Å². The molecule has 0 unspecified atom stereocenters. The third-order valence-electron chi connectivity index (χ3n) is 2.94. The van der Waals surface area contributed by atoms with Crippen LogP contribution in [-0.4, -0.2) is 18.3 Å². The summed E-state index contributed by atoms with van der Waals surface area (Å²) < 4.78 is 5.05. The first kappa shape index (κ1) is 10.3. The fourth-order valence-electron chi connectivity index (χ4n) is 1.71. The van der Waals surface area contributed by atoms with E-state index in [1.54, 1.807) is 13.2 Å². The molecule has 0 bridgehead atoms. The number of ether oxygens (including phenoxy) is 1. The summed E-state index contributed by atoms with van der Waals surface area (Å²) in [5.41, 5.74) is 1.15. The molecule has 0 radical (unpaired) electrons. The molecule has 1 aliphatic carbocycles. The van der Waals surface area contributed by atoms with Crippen molar-refractivity contribution >= 4 is 0 Å². The molecule has 1 aromatic rings. The molecule has 3 heteroatoms. The van der Waals surface area contributed by atoms with E-state index in [1.807, 2.05) is 12.1 Å². The summed E-state index contributed by atoms with van der Waals surface area (Å²) in [7, 11) is 1.57. The Morgan fingerprint density at radius 1 is 1.47 bits per heavy atom. The van der Waals surface area contributed by atoms with Gasteiger partial charge in [-0.2, -0.15) is 0 Å². The maximum atomic E-state index is 9.42. The highest BCUT2D eigenvalue weighted by molar-refractivity contribution is 5.41. The van der Waals surface area contributed by atoms with Crippen LogP contribution in [0.5, 0.6) is 11.5 Å². The average Bonchev–Trinajstić information content (AvgIpc) is 2.18. The third-order valence-corrected chi connectivity index (χ3v) is 2.94.